The fourth-order valence-corrected chi connectivity index (χ4v) is 4.72. The van der Waals surface area contributed by atoms with E-state index in [1.165, 1.54) is 0 Å². The second-order valence-electron chi connectivity index (χ2n) is 6.27. The summed E-state index contributed by atoms with van der Waals surface area (Å²) in [5.74, 6) is 1.41. The van der Waals surface area contributed by atoms with Gasteiger partial charge in [0.25, 0.3) is 0 Å². The first-order valence-electron chi connectivity index (χ1n) is 8.37. The lowest BCUT2D eigenvalue weighted by Gasteiger charge is -2.34. The molecule has 2 aromatic rings. The Morgan fingerprint density at radius 3 is 2.44 bits per heavy atom. The van der Waals surface area contributed by atoms with Crippen LogP contribution >= 0.6 is 0 Å². The fourth-order valence-electron chi connectivity index (χ4n) is 2.89. The molecule has 0 unspecified atom stereocenters. The second kappa shape index (κ2) is 6.57. The minimum Gasteiger partial charge on any atom is -0.352 e. The summed E-state index contributed by atoms with van der Waals surface area (Å²) in [6, 6.07) is 7.51. The van der Waals surface area contributed by atoms with E-state index in [1.807, 2.05) is 24.3 Å². The number of hydrogen-bond donors (Lipinski definition) is 1. The highest BCUT2D eigenvalue weighted by Gasteiger charge is 2.41. The normalized spacial score (nSPS) is 19.0. The molecule has 0 radical (unpaired) electrons. The van der Waals surface area contributed by atoms with E-state index >= 15 is 0 Å². The Balaban J connectivity index is 1.37. The number of sulfonamides is 1. The van der Waals surface area contributed by atoms with Gasteiger partial charge in [-0.2, -0.15) is 4.31 Å². The highest BCUT2D eigenvalue weighted by molar-refractivity contribution is 7.90. The van der Waals surface area contributed by atoms with Crippen molar-refractivity contribution in [3.05, 3.63) is 36.7 Å². The van der Waals surface area contributed by atoms with Gasteiger partial charge in [-0.1, -0.05) is 0 Å². The Kier molecular flexibility index (Phi) is 4.26. The molecule has 1 saturated heterocycles. The zero-order valence-electron chi connectivity index (χ0n) is 13.7. The van der Waals surface area contributed by atoms with Crippen molar-refractivity contribution in [3.63, 3.8) is 0 Å². The number of piperazine rings is 1. The largest absolute Gasteiger partial charge is 0.352 e. The van der Waals surface area contributed by atoms with Crippen molar-refractivity contribution in [2.45, 2.75) is 18.1 Å². The van der Waals surface area contributed by atoms with E-state index in [0.717, 1.165) is 24.3 Å². The summed E-state index contributed by atoms with van der Waals surface area (Å²) in [5, 5.41) is 11.4. The van der Waals surface area contributed by atoms with E-state index in [1.54, 1.807) is 16.7 Å². The van der Waals surface area contributed by atoms with Gasteiger partial charge in [-0.25, -0.2) is 8.42 Å². The summed E-state index contributed by atoms with van der Waals surface area (Å²) in [6.45, 7) is 2.29. The van der Waals surface area contributed by atoms with Crippen molar-refractivity contribution >= 4 is 27.3 Å². The van der Waals surface area contributed by atoms with Crippen molar-refractivity contribution < 1.29 is 8.42 Å². The number of aromatic nitrogens is 3. The average Bonchev–Trinajstić information content (AvgIpc) is 3.49. The van der Waals surface area contributed by atoms with E-state index in [2.05, 4.69) is 25.4 Å². The van der Waals surface area contributed by atoms with Crippen molar-refractivity contribution in [2.24, 2.45) is 0 Å². The van der Waals surface area contributed by atoms with Crippen LogP contribution in [0.15, 0.2) is 36.7 Å². The van der Waals surface area contributed by atoms with Gasteiger partial charge in [0.2, 0.25) is 10.0 Å². The lowest BCUT2D eigenvalue weighted by Crippen LogP contribution is -2.49. The molecule has 0 aromatic carbocycles. The first-order valence-corrected chi connectivity index (χ1v) is 9.88. The van der Waals surface area contributed by atoms with Crippen molar-refractivity contribution in [1.82, 2.24) is 19.5 Å². The molecule has 2 aromatic heterocycles. The molecule has 132 valence electrons. The molecule has 0 atom stereocenters. The molecule has 1 aliphatic heterocycles. The molecule has 1 N–H and O–H groups in total. The van der Waals surface area contributed by atoms with Crippen LogP contribution in [0, 0.1) is 0 Å². The maximum Gasteiger partial charge on any atom is 0.217 e. The predicted octanol–water partition coefficient (Wildman–Crippen LogP) is 1.23. The van der Waals surface area contributed by atoms with Crippen LogP contribution in [0.25, 0.3) is 0 Å². The summed E-state index contributed by atoms with van der Waals surface area (Å²) in [4.78, 5) is 6.11. The van der Waals surface area contributed by atoms with Crippen LogP contribution < -0.4 is 10.2 Å². The minimum atomic E-state index is -3.08. The summed E-state index contributed by atoms with van der Waals surface area (Å²) in [6.07, 6.45) is 5.04. The number of pyridine rings is 1. The van der Waals surface area contributed by atoms with Gasteiger partial charge in [0.05, 0.1) is 17.1 Å². The monoisotopic (exact) mass is 360 g/mol. The molecule has 0 spiro atoms. The van der Waals surface area contributed by atoms with E-state index < -0.39 is 10.0 Å². The molecule has 2 aliphatic rings. The number of hydrogen-bond acceptors (Lipinski definition) is 7. The summed E-state index contributed by atoms with van der Waals surface area (Å²) < 4.78 is 26.2. The highest BCUT2D eigenvalue weighted by Crippen LogP contribution is 2.31. The van der Waals surface area contributed by atoms with Gasteiger partial charge in [-0.15, -0.1) is 10.2 Å². The topological polar surface area (TPSA) is 91.3 Å². The second-order valence-corrected chi connectivity index (χ2v) is 8.49. The van der Waals surface area contributed by atoms with Gasteiger partial charge < -0.3 is 10.2 Å². The van der Waals surface area contributed by atoms with E-state index in [0.29, 0.717) is 32.0 Å². The first-order chi connectivity index (χ1) is 12.1. The van der Waals surface area contributed by atoms with Crippen molar-refractivity contribution in [2.75, 3.05) is 36.4 Å². The molecule has 9 heteroatoms. The lowest BCUT2D eigenvalue weighted by atomic mass is 10.3. The van der Waals surface area contributed by atoms with Crippen LogP contribution in [-0.4, -0.2) is 59.3 Å². The third-order valence-electron chi connectivity index (χ3n) is 4.45. The van der Waals surface area contributed by atoms with E-state index in [9.17, 15) is 8.42 Å². The molecule has 0 bridgehead atoms. The third kappa shape index (κ3) is 3.57. The number of nitrogens with one attached hydrogen (secondary N) is 1. The van der Waals surface area contributed by atoms with Crippen LogP contribution in [0.2, 0.25) is 0 Å². The molecule has 1 aliphatic carbocycles. The highest BCUT2D eigenvalue weighted by atomic mass is 32.2. The average molecular weight is 360 g/mol. The van der Waals surface area contributed by atoms with Crippen LogP contribution in [0.3, 0.4) is 0 Å². The smallest absolute Gasteiger partial charge is 0.217 e. The van der Waals surface area contributed by atoms with Crippen LogP contribution in [0.5, 0.6) is 0 Å². The van der Waals surface area contributed by atoms with Gasteiger partial charge in [-0.3, -0.25) is 4.98 Å². The van der Waals surface area contributed by atoms with Gasteiger partial charge in [0.1, 0.15) is 0 Å². The maximum atomic E-state index is 12.3. The van der Waals surface area contributed by atoms with Crippen LogP contribution in [-0.2, 0) is 10.0 Å². The van der Waals surface area contributed by atoms with Gasteiger partial charge in [0.15, 0.2) is 11.6 Å². The molecule has 2 fully saturated rings. The quantitative estimate of drug-likeness (QED) is 0.857. The van der Waals surface area contributed by atoms with Crippen LogP contribution in [0.4, 0.5) is 17.3 Å². The first kappa shape index (κ1) is 16.2. The Hall–Kier alpha value is -2.26. The molecular weight excluding hydrogens is 340 g/mol. The Bertz CT molecular complexity index is 815. The zero-order valence-corrected chi connectivity index (χ0v) is 14.6. The molecular formula is C16H20N6O2S. The number of rotatable bonds is 5. The summed E-state index contributed by atoms with van der Waals surface area (Å²) in [7, 11) is -3.08. The Morgan fingerprint density at radius 2 is 1.84 bits per heavy atom. The summed E-state index contributed by atoms with van der Waals surface area (Å²) in [5.41, 5.74) is 0.850. The van der Waals surface area contributed by atoms with Gasteiger partial charge >= 0.3 is 0 Å². The molecule has 4 rings (SSSR count). The molecule has 0 amide bonds. The summed E-state index contributed by atoms with van der Waals surface area (Å²) >= 11 is 0. The van der Waals surface area contributed by atoms with E-state index in [-0.39, 0.29) is 5.25 Å². The van der Waals surface area contributed by atoms with Crippen molar-refractivity contribution in [3.8, 4) is 0 Å². The molecule has 3 heterocycles. The van der Waals surface area contributed by atoms with Gasteiger partial charge in [-0.05, 0) is 37.1 Å². The third-order valence-corrected chi connectivity index (χ3v) is 6.85. The maximum absolute atomic E-state index is 12.3. The SMILES string of the molecule is O=S(=O)(C1CC1)N1CCN(c2ccc(Nc3cccnc3)nn2)CC1. The van der Waals surface area contributed by atoms with Crippen molar-refractivity contribution in [1.29, 1.82) is 0 Å². The number of anilines is 3. The molecule has 8 nitrogen and oxygen atoms in total. The van der Waals surface area contributed by atoms with Gasteiger partial charge in [0, 0.05) is 32.4 Å². The minimum absolute atomic E-state index is 0.142. The molecule has 1 saturated carbocycles. The predicted molar refractivity (Wildman–Crippen MR) is 95.3 cm³/mol. The number of nitrogens with zero attached hydrogens (tertiary/aromatic N) is 5. The Labute approximate surface area is 146 Å². The standard InChI is InChI=1S/C16H20N6O2S/c23-25(24,14-3-4-14)22-10-8-21(9-11-22)16-6-5-15(19-20-16)18-13-2-1-7-17-12-13/h1-2,5-7,12,14H,3-4,8-11H2,(H,18,19). The zero-order chi connectivity index (χ0) is 17.3. The molecule has 25 heavy (non-hydrogen) atoms. The fraction of sp³-hybridized carbons (Fsp3) is 0.438. The van der Waals surface area contributed by atoms with E-state index in [4.69, 9.17) is 0 Å². The Morgan fingerprint density at radius 1 is 1.04 bits per heavy atom. The van der Waals surface area contributed by atoms with Crippen LogP contribution in [0.1, 0.15) is 12.8 Å². The lowest BCUT2D eigenvalue weighted by molar-refractivity contribution is 0.383.